The van der Waals surface area contributed by atoms with Crippen LogP contribution in [0.15, 0.2) is 84.1 Å². The number of carbonyl (C=O) groups is 1. The molecule has 0 saturated carbocycles. The van der Waals surface area contributed by atoms with Crippen LogP contribution in [0.25, 0.3) is 17.1 Å². The molecule has 8 heteroatoms. The van der Waals surface area contributed by atoms with Gasteiger partial charge in [0.2, 0.25) is 11.8 Å². The van der Waals surface area contributed by atoms with E-state index in [9.17, 15) is 4.79 Å². The van der Waals surface area contributed by atoms with E-state index in [1.807, 2.05) is 71.3 Å². The van der Waals surface area contributed by atoms with Crippen LogP contribution in [0.4, 0.5) is 0 Å². The lowest BCUT2D eigenvalue weighted by Gasteiger charge is -2.10. The van der Waals surface area contributed by atoms with E-state index >= 15 is 0 Å². The lowest BCUT2D eigenvalue weighted by Crippen LogP contribution is -2.24. The number of carbonyl (C=O) groups excluding carboxylic acids is 1. The van der Waals surface area contributed by atoms with Gasteiger partial charge in [0.1, 0.15) is 0 Å². The molecule has 0 unspecified atom stereocenters. The van der Waals surface area contributed by atoms with Crippen molar-refractivity contribution >= 4 is 17.7 Å². The zero-order chi connectivity index (χ0) is 21.5. The molecule has 0 saturated heterocycles. The fraction of sp³-hybridized carbons (Fsp3) is 0.130. The minimum Gasteiger partial charge on any atom is -0.481 e. The van der Waals surface area contributed by atoms with E-state index in [0.29, 0.717) is 17.6 Å². The van der Waals surface area contributed by atoms with Gasteiger partial charge in [0, 0.05) is 30.1 Å². The van der Waals surface area contributed by atoms with Crippen LogP contribution in [-0.4, -0.2) is 38.5 Å². The number of amides is 1. The molecule has 2 aromatic carbocycles. The normalized spacial score (nSPS) is 10.6. The molecule has 0 spiro atoms. The van der Waals surface area contributed by atoms with Gasteiger partial charge in [0.15, 0.2) is 11.0 Å². The fourth-order valence-electron chi connectivity index (χ4n) is 2.97. The van der Waals surface area contributed by atoms with E-state index in [2.05, 4.69) is 20.5 Å². The molecule has 0 radical (unpaired) electrons. The highest BCUT2D eigenvalue weighted by molar-refractivity contribution is 7.99. The van der Waals surface area contributed by atoms with Gasteiger partial charge in [-0.3, -0.25) is 9.36 Å². The molecule has 4 aromatic rings. The molecule has 1 amide bonds. The molecule has 7 nitrogen and oxygen atoms in total. The summed E-state index contributed by atoms with van der Waals surface area (Å²) in [7, 11) is 1.57. The maximum absolute atomic E-state index is 12.4. The minimum atomic E-state index is -0.0929. The number of thioether (sulfide) groups is 1. The summed E-state index contributed by atoms with van der Waals surface area (Å²) in [6.45, 7) is 0.400. The van der Waals surface area contributed by atoms with Crippen molar-refractivity contribution in [1.29, 1.82) is 0 Å². The van der Waals surface area contributed by atoms with E-state index in [1.165, 1.54) is 11.8 Å². The number of methoxy groups -OCH3 is 1. The highest BCUT2D eigenvalue weighted by atomic mass is 32.2. The van der Waals surface area contributed by atoms with E-state index in [1.54, 1.807) is 19.4 Å². The predicted octanol–water partition coefficient (Wildman–Crippen LogP) is 3.75. The van der Waals surface area contributed by atoms with Gasteiger partial charge in [0.05, 0.1) is 12.9 Å². The first-order chi connectivity index (χ1) is 15.2. The molecule has 0 fully saturated rings. The zero-order valence-electron chi connectivity index (χ0n) is 16.9. The Morgan fingerprint density at radius 1 is 1.00 bits per heavy atom. The molecule has 2 heterocycles. The third-order valence-corrected chi connectivity index (χ3v) is 5.44. The van der Waals surface area contributed by atoms with Crippen LogP contribution < -0.4 is 10.1 Å². The third kappa shape index (κ3) is 5.10. The van der Waals surface area contributed by atoms with Gasteiger partial charge in [-0.2, -0.15) is 0 Å². The third-order valence-electron chi connectivity index (χ3n) is 4.51. The lowest BCUT2D eigenvalue weighted by atomic mass is 10.2. The number of hydrogen-bond donors (Lipinski definition) is 1. The molecular weight excluding hydrogens is 410 g/mol. The number of para-hydroxylation sites is 1. The number of nitrogens with one attached hydrogen (secondary N) is 1. The second-order valence-electron chi connectivity index (χ2n) is 6.62. The largest absolute Gasteiger partial charge is 0.481 e. The smallest absolute Gasteiger partial charge is 0.230 e. The number of aromatic nitrogens is 4. The summed E-state index contributed by atoms with van der Waals surface area (Å²) in [6, 6.07) is 23.4. The summed E-state index contributed by atoms with van der Waals surface area (Å²) in [5.74, 6) is 1.41. The SMILES string of the molecule is COc1ccc(CNC(=O)CSc2nnc(-c3ccccc3)n2-c2ccccc2)cn1. The number of hydrogen-bond acceptors (Lipinski definition) is 6. The zero-order valence-corrected chi connectivity index (χ0v) is 17.7. The van der Waals surface area contributed by atoms with Crippen molar-refractivity contribution in [3.63, 3.8) is 0 Å². The monoisotopic (exact) mass is 431 g/mol. The fourth-order valence-corrected chi connectivity index (χ4v) is 3.75. The molecule has 0 aliphatic heterocycles. The minimum absolute atomic E-state index is 0.0929. The van der Waals surface area contributed by atoms with Gasteiger partial charge in [-0.1, -0.05) is 66.4 Å². The summed E-state index contributed by atoms with van der Waals surface area (Å²) in [4.78, 5) is 16.5. The van der Waals surface area contributed by atoms with E-state index in [-0.39, 0.29) is 11.7 Å². The van der Waals surface area contributed by atoms with Crippen molar-refractivity contribution in [3.05, 3.63) is 84.6 Å². The summed E-state index contributed by atoms with van der Waals surface area (Å²) in [6.07, 6.45) is 1.68. The molecular formula is C23H21N5O2S. The Bertz CT molecular complexity index is 1130. The van der Waals surface area contributed by atoms with Crippen LogP contribution in [0.2, 0.25) is 0 Å². The van der Waals surface area contributed by atoms with Gasteiger partial charge < -0.3 is 10.1 Å². The number of nitrogens with zero attached hydrogens (tertiary/aromatic N) is 4. The second kappa shape index (κ2) is 9.90. The Hall–Kier alpha value is -3.65. The highest BCUT2D eigenvalue weighted by Crippen LogP contribution is 2.27. The van der Waals surface area contributed by atoms with E-state index < -0.39 is 0 Å². The first-order valence-electron chi connectivity index (χ1n) is 9.69. The average Bonchev–Trinajstić information content (AvgIpc) is 3.27. The molecule has 0 aliphatic carbocycles. The van der Waals surface area contributed by atoms with Crippen molar-refractivity contribution in [2.75, 3.05) is 12.9 Å². The average molecular weight is 432 g/mol. The number of rotatable bonds is 8. The van der Waals surface area contributed by atoms with Crippen LogP contribution in [0.5, 0.6) is 5.88 Å². The lowest BCUT2D eigenvalue weighted by molar-refractivity contribution is -0.118. The summed E-state index contributed by atoms with van der Waals surface area (Å²) < 4.78 is 7.02. The molecule has 0 aliphatic rings. The van der Waals surface area contributed by atoms with Crippen LogP contribution in [-0.2, 0) is 11.3 Å². The van der Waals surface area contributed by atoms with Crippen LogP contribution >= 0.6 is 11.8 Å². The topological polar surface area (TPSA) is 81.9 Å². The number of pyridine rings is 1. The standard InChI is InChI=1S/C23H21N5O2S/c1-30-21-13-12-17(15-25-21)14-24-20(29)16-31-23-27-26-22(18-8-4-2-5-9-18)28(23)19-10-6-3-7-11-19/h2-13,15H,14,16H2,1H3,(H,24,29). The summed E-state index contributed by atoms with van der Waals surface area (Å²) >= 11 is 1.35. The Labute approximate surface area is 184 Å². The van der Waals surface area contributed by atoms with Gasteiger partial charge in [-0.15, -0.1) is 10.2 Å². The quantitative estimate of drug-likeness (QED) is 0.428. The van der Waals surface area contributed by atoms with Gasteiger partial charge in [-0.05, 0) is 17.7 Å². The van der Waals surface area contributed by atoms with Gasteiger partial charge in [-0.25, -0.2) is 4.98 Å². The number of benzene rings is 2. The van der Waals surface area contributed by atoms with Gasteiger partial charge >= 0.3 is 0 Å². The Balaban J connectivity index is 1.46. The van der Waals surface area contributed by atoms with Crippen LogP contribution in [0.1, 0.15) is 5.56 Å². The van der Waals surface area contributed by atoms with E-state index in [0.717, 1.165) is 22.6 Å². The molecule has 1 N–H and O–H groups in total. The Morgan fingerprint density at radius 3 is 2.42 bits per heavy atom. The summed E-state index contributed by atoms with van der Waals surface area (Å²) in [5.41, 5.74) is 2.80. The van der Waals surface area contributed by atoms with Crippen molar-refractivity contribution in [1.82, 2.24) is 25.1 Å². The highest BCUT2D eigenvalue weighted by Gasteiger charge is 2.17. The van der Waals surface area contributed by atoms with Crippen molar-refractivity contribution in [3.8, 4) is 23.0 Å². The van der Waals surface area contributed by atoms with Crippen molar-refractivity contribution in [2.45, 2.75) is 11.7 Å². The Kier molecular flexibility index (Phi) is 6.59. The van der Waals surface area contributed by atoms with Crippen molar-refractivity contribution in [2.24, 2.45) is 0 Å². The molecule has 2 aromatic heterocycles. The van der Waals surface area contributed by atoms with Crippen LogP contribution in [0, 0.1) is 0 Å². The molecule has 31 heavy (non-hydrogen) atoms. The maximum Gasteiger partial charge on any atom is 0.230 e. The molecule has 0 bridgehead atoms. The summed E-state index contributed by atoms with van der Waals surface area (Å²) in [5, 5.41) is 12.3. The molecule has 4 rings (SSSR count). The Morgan fingerprint density at radius 2 is 1.74 bits per heavy atom. The predicted molar refractivity (Wildman–Crippen MR) is 120 cm³/mol. The van der Waals surface area contributed by atoms with Gasteiger partial charge in [0.25, 0.3) is 0 Å². The number of ether oxygens (including phenoxy) is 1. The molecule has 0 atom stereocenters. The maximum atomic E-state index is 12.4. The second-order valence-corrected chi connectivity index (χ2v) is 7.56. The van der Waals surface area contributed by atoms with Crippen molar-refractivity contribution < 1.29 is 9.53 Å². The first kappa shape index (κ1) is 20.6. The first-order valence-corrected chi connectivity index (χ1v) is 10.7. The van der Waals surface area contributed by atoms with E-state index in [4.69, 9.17) is 4.74 Å². The van der Waals surface area contributed by atoms with Crippen LogP contribution in [0.3, 0.4) is 0 Å². The molecule has 156 valence electrons.